The maximum absolute atomic E-state index is 12.8. The van der Waals surface area contributed by atoms with Gasteiger partial charge in [0.25, 0.3) is 15.9 Å². The predicted octanol–water partition coefficient (Wildman–Crippen LogP) is 3.58. The minimum Gasteiger partial charge on any atom is -0.348 e. The number of carbonyl (C=O) groups excluding carboxylic acids is 1. The van der Waals surface area contributed by atoms with Gasteiger partial charge >= 0.3 is 0 Å². The molecule has 0 aliphatic rings. The van der Waals surface area contributed by atoms with E-state index in [-0.39, 0.29) is 22.8 Å². The molecule has 2 N–H and O–H groups in total. The lowest BCUT2D eigenvalue weighted by Crippen LogP contribution is -2.24. The Morgan fingerprint density at radius 3 is 2.03 bits per heavy atom. The third kappa shape index (κ3) is 6.90. The molecule has 0 aliphatic heterocycles. The standard InChI is InChI=1S/C24H26N2O5S2/c1-17-4-11-21(12-5-17)26-33(30,31)22-13-6-18(2)23(14-22)24(27)25-15-19-7-9-20(10-8-19)16-32(3,28)29/h4-14,26H,15-16H2,1-3H3,(H,25,27). The van der Waals surface area contributed by atoms with Crippen LogP contribution < -0.4 is 10.0 Å². The second-order valence-corrected chi connectivity index (χ2v) is 11.8. The molecular formula is C24H26N2O5S2. The number of benzene rings is 3. The van der Waals surface area contributed by atoms with Gasteiger partial charge in [0.05, 0.1) is 10.6 Å². The van der Waals surface area contributed by atoms with Gasteiger partial charge in [-0.1, -0.05) is 48.0 Å². The molecule has 0 unspecified atom stereocenters. The number of aryl methyl sites for hydroxylation is 2. The van der Waals surface area contributed by atoms with Crippen molar-refractivity contribution in [2.45, 2.75) is 31.0 Å². The molecule has 1 amide bonds. The van der Waals surface area contributed by atoms with Gasteiger partial charge in [0.1, 0.15) is 0 Å². The number of carbonyl (C=O) groups is 1. The summed E-state index contributed by atoms with van der Waals surface area (Å²) in [5, 5.41) is 2.79. The first kappa shape index (κ1) is 24.5. The number of sulfone groups is 1. The molecule has 0 saturated carbocycles. The van der Waals surface area contributed by atoms with Gasteiger partial charge in [-0.3, -0.25) is 9.52 Å². The van der Waals surface area contributed by atoms with Crippen LogP contribution in [0.15, 0.2) is 71.6 Å². The lowest BCUT2D eigenvalue weighted by atomic mass is 10.1. The first-order valence-corrected chi connectivity index (χ1v) is 13.7. The van der Waals surface area contributed by atoms with Crippen LogP contribution in [-0.4, -0.2) is 29.0 Å². The molecule has 7 nitrogen and oxygen atoms in total. The molecule has 0 radical (unpaired) electrons. The van der Waals surface area contributed by atoms with Crippen molar-refractivity contribution in [1.82, 2.24) is 5.32 Å². The van der Waals surface area contributed by atoms with Gasteiger partial charge in [-0.25, -0.2) is 16.8 Å². The van der Waals surface area contributed by atoms with E-state index in [4.69, 9.17) is 0 Å². The fourth-order valence-electron chi connectivity index (χ4n) is 3.18. The Labute approximate surface area is 194 Å². The number of amides is 1. The van der Waals surface area contributed by atoms with Crippen LogP contribution in [0.2, 0.25) is 0 Å². The van der Waals surface area contributed by atoms with Crippen LogP contribution in [0.5, 0.6) is 0 Å². The van der Waals surface area contributed by atoms with Crippen LogP contribution >= 0.6 is 0 Å². The zero-order chi connectivity index (χ0) is 24.2. The fraction of sp³-hybridized carbons (Fsp3) is 0.208. The zero-order valence-corrected chi connectivity index (χ0v) is 20.3. The minimum atomic E-state index is -3.86. The van der Waals surface area contributed by atoms with Crippen molar-refractivity contribution in [3.8, 4) is 0 Å². The lowest BCUT2D eigenvalue weighted by Gasteiger charge is -2.12. The molecule has 174 valence electrons. The Kier molecular flexibility index (Phi) is 7.24. The SMILES string of the molecule is Cc1ccc(NS(=O)(=O)c2ccc(C)c(C(=O)NCc3ccc(CS(C)(=O)=O)cc3)c2)cc1. The smallest absolute Gasteiger partial charge is 0.261 e. The average Bonchev–Trinajstić information content (AvgIpc) is 2.73. The number of hydrogen-bond donors (Lipinski definition) is 2. The highest BCUT2D eigenvalue weighted by Gasteiger charge is 2.18. The normalized spacial score (nSPS) is 11.7. The molecule has 0 saturated heterocycles. The summed E-state index contributed by atoms with van der Waals surface area (Å²) in [4.78, 5) is 12.8. The Morgan fingerprint density at radius 2 is 1.42 bits per heavy atom. The third-order valence-electron chi connectivity index (χ3n) is 4.97. The van der Waals surface area contributed by atoms with Crippen LogP contribution in [0.1, 0.15) is 32.6 Å². The Morgan fingerprint density at radius 1 is 0.818 bits per heavy atom. The van der Waals surface area contributed by atoms with Crippen molar-refractivity contribution in [3.05, 3.63) is 94.5 Å². The molecule has 0 fully saturated rings. The van der Waals surface area contributed by atoms with E-state index < -0.39 is 25.8 Å². The second-order valence-electron chi connectivity index (χ2n) is 8.02. The highest BCUT2D eigenvalue weighted by atomic mass is 32.2. The first-order chi connectivity index (χ1) is 15.4. The van der Waals surface area contributed by atoms with Gasteiger partial charge in [0.15, 0.2) is 9.84 Å². The topological polar surface area (TPSA) is 109 Å². The van der Waals surface area contributed by atoms with E-state index in [1.54, 1.807) is 61.5 Å². The molecule has 0 spiro atoms. The van der Waals surface area contributed by atoms with E-state index in [1.165, 1.54) is 18.4 Å². The lowest BCUT2D eigenvalue weighted by molar-refractivity contribution is 0.0950. The summed E-state index contributed by atoms with van der Waals surface area (Å²) < 4.78 is 50.9. The molecule has 0 atom stereocenters. The number of rotatable bonds is 8. The van der Waals surface area contributed by atoms with Crippen LogP contribution in [0.25, 0.3) is 0 Å². The summed E-state index contributed by atoms with van der Waals surface area (Å²) in [6, 6.07) is 18.3. The summed E-state index contributed by atoms with van der Waals surface area (Å²) in [6.45, 7) is 3.86. The van der Waals surface area contributed by atoms with Crippen molar-refractivity contribution >= 4 is 31.5 Å². The van der Waals surface area contributed by atoms with E-state index >= 15 is 0 Å². The molecular weight excluding hydrogens is 460 g/mol. The van der Waals surface area contributed by atoms with Gasteiger partial charge in [0.2, 0.25) is 0 Å². The quantitative estimate of drug-likeness (QED) is 0.506. The van der Waals surface area contributed by atoms with Crippen molar-refractivity contribution < 1.29 is 21.6 Å². The first-order valence-electron chi connectivity index (χ1n) is 10.2. The van der Waals surface area contributed by atoms with Crippen LogP contribution in [-0.2, 0) is 32.2 Å². The number of nitrogens with one attached hydrogen (secondary N) is 2. The fourth-order valence-corrected chi connectivity index (χ4v) is 5.06. The number of sulfonamides is 1. The van der Waals surface area contributed by atoms with Gasteiger partial charge in [-0.2, -0.15) is 0 Å². The molecule has 0 heterocycles. The largest absolute Gasteiger partial charge is 0.348 e. The summed E-state index contributed by atoms with van der Waals surface area (Å²) >= 11 is 0. The van der Waals surface area contributed by atoms with Gasteiger partial charge < -0.3 is 5.32 Å². The van der Waals surface area contributed by atoms with Crippen molar-refractivity contribution in [1.29, 1.82) is 0 Å². The van der Waals surface area contributed by atoms with Gasteiger partial charge in [-0.05, 0) is 54.8 Å². The predicted molar refractivity (Wildman–Crippen MR) is 129 cm³/mol. The molecule has 0 aromatic heterocycles. The van der Waals surface area contributed by atoms with E-state index in [9.17, 15) is 21.6 Å². The highest BCUT2D eigenvalue weighted by Crippen LogP contribution is 2.20. The molecule has 9 heteroatoms. The molecule has 3 aromatic carbocycles. The maximum atomic E-state index is 12.8. The van der Waals surface area contributed by atoms with Crippen LogP contribution in [0.3, 0.4) is 0 Å². The molecule has 3 rings (SSSR count). The second kappa shape index (κ2) is 9.76. The van der Waals surface area contributed by atoms with E-state index in [0.29, 0.717) is 16.8 Å². The van der Waals surface area contributed by atoms with E-state index in [0.717, 1.165) is 11.1 Å². The Balaban J connectivity index is 1.72. The van der Waals surface area contributed by atoms with Gasteiger partial charge in [-0.15, -0.1) is 0 Å². The van der Waals surface area contributed by atoms with E-state index in [2.05, 4.69) is 10.0 Å². The summed E-state index contributed by atoms with van der Waals surface area (Å²) in [7, 11) is -6.98. The molecule has 33 heavy (non-hydrogen) atoms. The van der Waals surface area contributed by atoms with Crippen molar-refractivity contribution in [2.24, 2.45) is 0 Å². The summed E-state index contributed by atoms with van der Waals surface area (Å²) in [6.07, 6.45) is 1.17. The van der Waals surface area contributed by atoms with Crippen LogP contribution in [0, 0.1) is 13.8 Å². The van der Waals surface area contributed by atoms with Crippen molar-refractivity contribution in [2.75, 3.05) is 11.0 Å². The zero-order valence-electron chi connectivity index (χ0n) is 18.6. The maximum Gasteiger partial charge on any atom is 0.261 e. The Bertz CT molecular complexity index is 1360. The minimum absolute atomic E-state index is 0.0102. The third-order valence-corrected chi connectivity index (χ3v) is 7.21. The van der Waals surface area contributed by atoms with Crippen LogP contribution in [0.4, 0.5) is 5.69 Å². The molecule has 0 aliphatic carbocycles. The van der Waals surface area contributed by atoms with Gasteiger partial charge in [0, 0.05) is 24.1 Å². The van der Waals surface area contributed by atoms with E-state index in [1.807, 2.05) is 6.92 Å². The highest BCUT2D eigenvalue weighted by molar-refractivity contribution is 7.92. The molecule has 0 bridgehead atoms. The summed E-state index contributed by atoms with van der Waals surface area (Å²) in [5.74, 6) is -0.448. The molecule has 3 aromatic rings. The average molecular weight is 487 g/mol. The monoisotopic (exact) mass is 486 g/mol. The van der Waals surface area contributed by atoms with Crippen molar-refractivity contribution in [3.63, 3.8) is 0 Å². The number of anilines is 1. The summed E-state index contributed by atoms with van der Waals surface area (Å²) in [5.41, 5.74) is 3.81. The number of hydrogen-bond acceptors (Lipinski definition) is 5. The Hall–Kier alpha value is -3.17.